The van der Waals surface area contributed by atoms with E-state index in [1.54, 1.807) is 11.5 Å². The molecule has 0 amide bonds. The monoisotopic (exact) mass is 309 g/mol. The fraction of sp³-hybridized carbons (Fsp3) is 0.625. The number of aliphatic hydroxyl groups is 1. The van der Waals surface area contributed by atoms with Crippen molar-refractivity contribution in [2.45, 2.75) is 59.0 Å². The number of ketones is 1. The Morgan fingerprint density at radius 1 is 1.32 bits per heavy atom. The highest BCUT2D eigenvalue weighted by Crippen LogP contribution is 2.35. The fourth-order valence-electron chi connectivity index (χ4n) is 2.95. The first-order valence-corrected chi connectivity index (χ1v) is 7.37. The lowest BCUT2D eigenvalue weighted by Crippen LogP contribution is -2.23. The normalized spacial score (nSPS) is 15.5. The maximum Gasteiger partial charge on any atom is 0.381 e. The number of carbonyl (C=O) groups is 2. The molecule has 1 unspecified atom stereocenters. The van der Waals surface area contributed by atoms with Gasteiger partial charge in [0.2, 0.25) is 0 Å². The molecule has 122 valence electrons. The summed E-state index contributed by atoms with van der Waals surface area (Å²) in [5.41, 5.74) is 1.82. The topological polar surface area (TPSA) is 77.8 Å². The minimum atomic E-state index is -1.13. The minimum absolute atomic E-state index is 0.297. The zero-order valence-electron chi connectivity index (χ0n) is 13.7. The second-order valence-corrected chi connectivity index (χ2v) is 6.49. The molecule has 1 aliphatic heterocycles. The van der Waals surface area contributed by atoms with Gasteiger partial charge in [0.1, 0.15) is 5.69 Å². The molecule has 0 radical (unpaired) electrons. The molecule has 0 bridgehead atoms. The van der Waals surface area contributed by atoms with Crippen LogP contribution in [0.15, 0.2) is 0 Å². The number of ether oxygens (including phenoxy) is 2. The molecule has 0 saturated carbocycles. The van der Waals surface area contributed by atoms with Crippen molar-refractivity contribution in [2.75, 3.05) is 7.11 Å². The van der Waals surface area contributed by atoms with Crippen molar-refractivity contribution >= 4 is 11.8 Å². The zero-order valence-corrected chi connectivity index (χ0v) is 13.7. The Labute approximate surface area is 130 Å². The predicted octanol–water partition coefficient (Wildman–Crippen LogP) is 1.90. The molecule has 0 aliphatic carbocycles. The summed E-state index contributed by atoms with van der Waals surface area (Å²) >= 11 is 0. The first kappa shape index (κ1) is 16.7. The van der Waals surface area contributed by atoms with Crippen molar-refractivity contribution in [3.63, 3.8) is 0 Å². The van der Waals surface area contributed by atoms with Crippen LogP contribution in [-0.2, 0) is 27.2 Å². The lowest BCUT2D eigenvalue weighted by molar-refractivity contribution is -0.170. The quantitative estimate of drug-likeness (QED) is 0.398. The van der Waals surface area contributed by atoms with Crippen molar-refractivity contribution in [2.24, 2.45) is 0 Å². The highest BCUT2D eigenvalue weighted by atomic mass is 16.6. The Bertz CT molecular complexity index is 609. The summed E-state index contributed by atoms with van der Waals surface area (Å²) in [7, 11) is 1.18. The molecule has 2 rings (SSSR count). The van der Waals surface area contributed by atoms with E-state index in [0.29, 0.717) is 23.4 Å². The number of aliphatic hydroxyl groups excluding tert-OH is 1. The van der Waals surface area contributed by atoms with Crippen LogP contribution in [0.25, 0.3) is 0 Å². The van der Waals surface area contributed by atoms with E-state index in [0.717, 1.165) is 18.5 Å². The number of hydrogen-bond acceptors (Lipinski definition) is 5. The molecule has 1 atom stereocenters. The predicted molar refractivity (Wildman–Crippen MR) is 79.6 cm³/mol. The number of hydrogen-bond donors (Lipinski definition) is 1. The standard InChI is InChI=1S/C16H23NO5/c1-9-11(14(19)22-16(2,3)4)10-7-6-8-17(10)12(9)13(18)15(20)21-5/h14,19H,6-8H2,1-5H3. The van der Waals surface area contributed by atoms with Crippen molar-refractivity contribution < 1.29 is 24.2 Å². The van der Waals surface area contributed by atoms with Gasteiger partial charge in [-0.25, -0.2) is 4.79 Å². The number of carbonyl (C=O) groups excluding carboxylic acids is 2. The largest absolute Gasteiger partial charge is 0.463 e. The lowest BCUT2D eigenvalue weighted by Gasteiger charge is -2.24. The summed E-state index contributed by atoms with van der Waals surface area (Å²) in [4.78, 5) is 23.9. The molecule has 6 nitrogen and oxygen atoms in total. The Balaban J connectivity index is 2.49. The fourth-order valence-corrected chi connectivity index (χ4v) is 2.95. The molecule has 22 heavy (non-hydrogen) atoms. The minimum Gasteiger partial charge on any atom is -0.463 e. The van der Waals surface area contributed by atoms with Gasteiger partial charge in [-0.3, -0.25) is 4.79 Å². The summed E-state index contributed by atoms with van der Waals surface area (Å²) in [5.74, 6) is -1.58. The average molecular weight is 309 g/mol. The second kappa shape index (κ2) is 5.85. The Morgan fingerprint density at radius 2 is 1.95 bits per heavy atom. The number of rotatable bonds is 4. The summed E-state index contributed by atoms with van der Waals surface area (Å²) in [6, 6.07) is 0. The third kappa shape index (κ3) is 2.94. The van der Waals surface area contributed by atoms with Gasteiger partial charge in [0.05, 0.1) is 12.7 Å². The smallest absolute Gasteiger partial charge is 0.381 e. The molecule has 0 fully saturated rings. The van der Waals surface area contributed by atoms with Gasteiger partial charge in [0.25, 0.3) is 5.78 Å². The van der Waals surface area contributed by atoms with E-state index >= 15 is 0 Å². The number of aromatic nitrogens is 1. The Hall–Kier alpha value is -1.66. The second-order valence-electron chi connectivity index (χ2n) is 6.49. The summed E-state index contributed by atoms with van der Waals surface area (Å²) in [5, 5.41) is 10.4. The highest BCUT2D eigenvalue weighted by Gasteiger charge is 2.34. The first-order valence-electron chi connectivity index (χ1n) is 7.37. The Morgan fingerprint density at radius 3 is 2.50 bits per heavy atom. The van der Waals surface area contributed by atoms with Crippen LogP contribution >= 0.6 is 0 Å². The SMILES string of the molecule is COC(=O)C(=O)c1c(C)c(C(O)OC(C)(C)C)c2n1CCC2. The van der Waals surface area contributed by atoms with Gasteiger partial charge in [0, 0.05) is 17.8 Å². The van der Waals surface area contributed by atoms with E-state index in [-0.39, 0.29) is 0 Å². The summed E-state index contributed by atoms with van der Waals surface area (Å²) in [6.45, 7) is 7.93. The number of Topliss-reactive ketones (excluding diaryl/α,β-unsaturated/α-hetero) is 1. The van der Waals surface area contributed by atoms with Gasteiger partial charge in [-0.2, -0.15) is 0 Å². The average Bonchev–Trinajstić information content (AvgIpc) is 2.93. The molecular formula is C16H23NO5. The first-order chi connectivity index (χ1) is 10.2. The van der Waals surface area contributed by atoms with E-state index in [2.05, 4.69) is 4.74 Å². The van der Waals surface area contributed by atoms with Crippen LogP contribution in [0.3, 0.4) is 0 Å². The van der Waals surface area contributed by atoms with Crippen LogP contribution in [0.1, 0.15) is 60.8 Å². The molecule has 0 aromatic carbocycles. The van der Waals surface area contributed by atoms with E-state index in [9.17, 15) is 14.7 Å². The van der Waals surface area contributed by atoms with Crippen molar-refractivity contribution in [1.29, 1.82) is 0 Å². The Kier molecular flexibility index (Phi) is 4.44. The van der Waals surface area contributed by atoms with Gasteiger partial charge in [-0.15, -0.1) is 0 Å². The van der Waals surface area contributed by atoms with Crippen LogP contribution in [-0.4, -0.2) is 34.1 Å². The van der Waals surface area contributed by atoms with Gasteiger partial charge in [-0.1, -0.05) is 0 Å². The number of methoxy groups -OCH3 is 1. The molecule has 2 heterocycles. The van der Waals surface area contributed by atoms with Crippen LogP contribution in [0, 0.1) is 6.92 Å². The van der Waals surface area contributed by atoms with Gasteiger partial charge < -0.3 is 19.1 Å². The summed E-state index contributed by atoms with van der Waals surface area (Å²) in [6.07, 6.45) is 0.486. The highest BCUT2D eigenvalue weighted by molar-refractivity contribution is 6.40. The van der Waals surface area contributed by atoms with Crippen LogP contribution < -0.4 is 0 Å². The maximum absolute atomic E-state index is 12.3. The molecule has 1 aromatic heterocycles. The third-order valence-electron chi connectivity index (χ3n) is 3.76. The van der Waals surface area contributed by atoms with Crippen molar-refractivity contribution in [1.82, 2.24) is 4.57 Å². The number of fused-ring (bicyclic) bond motifs is 1. The van der Waals surface area contributed by atoms with E-state index < -0.39 is 23.6 Å². The van der Waals surface area contributed by atoms with Crippen molar-refractivity contribution in [3.8, 4) is 0 Å². The van der Waals surface area contributed by atoms with Gasteiger partial charge in [0.15, 0.2) is 6.29 Å². The van der Waals surface area contributed by atoms with Crippen LogP contribution in [0.2, 0.25) is 0 Å². The van der Waals surface area contributed by atoms with Gasteiger partial charge in [-0.05, 0) is 46.1 Å². The third-order valence-corrected chi connectivity index (χ3v) is 3.76. The van der Waals surface area contributed by atoms with E-state index in [1.165, 1.54) is 7.11 Å². The van der Waals surface area contributed by atoms with Crippen LogP contribution in [0.5, 0.6) is 0 Å². The van der Waals surface area contributed by atoms with Crippen molar-refractivity contribution in [3.05, 3.63) is 22.5 Å². The van der Waals surface area contributed by atoms with E-state index in [4.69, 9.17) is 4.74 Å². The zero-order chi connectivity index (χ0) is 16.7. The lowest BCUT2D eigenvalue weighted by atomic mass is 10.0. The molecule has 1 aliphatic rings. The molecule has 1 N–H and O–H groups in total. The maximum atomic E-state index is 12.3. The molecule has 6 heteroatoms. The molecular weight excluding hydrogens is 286 g/mol. The number of nitrogens with zero attached hydrogens (tertiary/aromatic N) is 1. The summed E-state index contributed by atoms with van der Waals surface area (Å²) < 4.78 is 12.0. The number of esters is 1. The molecule has 0 spiro atoms. The van der Waals surface area contributed by atoms with Crippen LogP contribution in [0.4, 0.5) is 0 Å². The van der Waals surface area contributed by atoms with E-state index in [1.807, 2.05) is 20.8 Å². The van der Waals surface area contributed by atoms with Gasteiger partial charge >= 0.3 is 5.97 Å². The molecule has 0 saturated heterocycles. The molecule has 1 aromatic rings.